The minimum absolute atomic E-state index is 0.336. The molecule has 0 bridgehead atoms. The van der Waals surface area contributed by atoms with Crippen molar-refractivity contribution >= 4 is 38.4 Å². The number of hydrogen-bond acceptors (Lipinski definition) is 5. The zero-order chi connectivity index (χ0) is 21.0. The Labute approximate surface area is 187 Å². The van der Waals surface area contributed by atoms with Gasteiger partial charge in [-0.25, -0.2) is 8.42 Å². The quantitative estimate of drug-likeness (QED) is 0.392. The Hall–Kier alpha value is -1.67. The number of anilines is 1. The predicted molar refractivity (Wildman–Crippen MR) is 128 cm³/mol. The Morgan fingerprint density at radius 2 is 1.83 bits per heavy atom. The molecule has 0 aliphatic heterocycles. The van der Waals surface area contributed by atoms with Gasteiger partial charge in [-0.2, -0.15) is 0 Å². The van der Waals surface area contributed by atoms with Gasteiger partial charge in [0, 0.05) is 22.3 Å². The van der Waals surface area contributed by atoms with Crippen molar-refractivity contribution in [3.63, 3.8) is 0 Å². The van der Waals surface area contributed by atoms with E-state index in [-0.39, 0.29) is 0 Å². The zero-order valence-electron chi connectivity index (χ0n) is 17.1. The summed E-state index contributed by atoms with van der Waals surface area (Å²) in [4.78, 5) is 2.06. The molecule has 1 saturated carbocycles. The smallest absolute Gasteiger partial charge is 0.271 e. The molecule has 1 aliphatic carbocycles. The van der Waals surface area contributed by atoms with E-state index in [0.717, 1.165) is 21.2 Å². The molecule has 30 heavy (non-hydrogen) atoms. The fourth-order valence-electron chi connectivity index (χ4n) is 4.10. The van der Waals surface area contributed by atoms with Crippen LogP contribution >= 0.6 is 22.7 Å². The molecule has 1 atom stereocenters. The van der Waals surface area contributed by atoms with E-state index < -0.39 is 10.0 Å². The van der Waals surface area contributed by atoms with Crippen LogP contribution in [0.4, 0.5) is 5.69 Å². The van der Waals surface area contributed by atoms with Gasteiger partial charge in [0.05, 0.1) is 5.69 Å². The van der Waals surface area contributed by atoms with Gasteiger partial charge in [0.15, 0.2) is 0 Å². The Morgan fingerprint density at radius 1 is 1.03 bits per heavy atom. The van der Waals surface area contributed by atoms with Gasteiger partial charge in [0.1, 0.15) is 4.21 Å². The number of para-hydroxylation sites is 1. The molecule has 1 aromatic carbocycles. The van der Waals surface area contributed by atoms with Gasteiger partial charge in [-0.3, -0.25) is 4.72 Å². The van der Waals surface area contributed by atoms with Crippen LogP contribution in [0.1, 0.15) is 44.6 Å². The van der Waals surface area contributed by atoms with E-state index in [9.17, 15) is 8.42 Å². The van der Waals surface area contributed by atoms with Crippen molar-refractivity contribution in [1.29, 1.82) is 0 Å². The van der Waals surface area contributed by atoms with Crippen molar-refractivity contribution in [1.82, 2.24) is 5.32 Å². The summed E-state index contributed by atoms with van der Waals surface area (Å²) >= 11 is 2.92. The molecule has 2 N–H and O–H groups in total. The maximum atomic E-state index is 13.0. The average molecular weight is 461 g/mol. The van der Waals surface area contributed by atoms with Gasteiger partial charge in [-0.05, 0) is 54.5 Å². The van der Waals surface area contributed by atoms with Crippen LogP contribution in [0.15, 0.2) is 58.1 Å². The molecule has 1 fully saturated rings. The summed E-state index contributed by atoms with van der Waals surface area (Å²) in [6, 6.07) is 15.6. The monoisotopic (exact) mass is 460 g/mol. The molecule has 0 amide bonds. The predicted octanol–water partition coefficient (Wildman–Crippen LogP) is 6.34. The number of rotatable bonds is 9. The molecule has 3 aromatic rings. The first-order valence-corrected chi connectivity index (χ1v) is 13.7. The first kappa shape index (κ1) is 21.6. The second-order valence-corrected chi connectivity index (χ2v) is 12.0. The Kier molecular flexibility index (Phi) is 6.93. The SMILES string of the molecule is C[C@@H](CC1CCCC1)NCc1ccccc1NS(=O)(=O)c1ccc(-c2cccs2)s1. The third-order valence-corrected chi connectivity index (χ3v) is 9.68. The molecular formula is C23H28N2O2S3. The van der Waals surface area contributed by atoms with E-state index in [1.54, 1.807) is 17.4 Å². The lowest BCUT2D eigenvalue weighted by Gasteiger charge is -2.19. The van der Waals surface area contributed by atoms with Crippen LogP contribution in [0.25, 0.3) is 9.75 Å². The van der Waals surface area contributed by atoms with Crippen LogP contribution < -0.4 is 10.0 Å². The molecular weight excluding hydrogens is 432 g/mol. The molecule has 1 aliphatic rings. The topological polar surface area (TPSA) is 58.2 Å². The highest BCUT2D eigenvalue weighted by molar-refractivity contribution is 7.94. The number of sulfonamides is 1. The Morgan fingerprint density at radius 3 is 2.60 bits per heavy atom. The number of thiophene rings is 2. The maximum Gasteiger partial charge on any atom is 0.271 e. The van der Waals surface area contributed by atoms with Gasteiger partial charge in [-0.1, -0.05) is 49.9 Å². The van der Waals surface area contributed by atoms with Gasteiger partial charge in [0.25, 0.3) is 10.0 Å². The summed E-state index contributed by atoms with van der Waals surface area (Å²) in [6.45, 7) is 2.88. The standard InChI is InChI=1S/C23H28N2O2S3/c1-17(15-18-7-2-3-8-18)24-16-19-9-4-5-10-20(19)25-30(26,27)23-13-12-22(29-23)21-11-6-14-28-21/h4-6,9-14,17-18,24-25H,2-3,7-8,15-16H2,1H3/t17-/m0/s1. The van der Waals surface area contributed by atoms with Gasteiger partial charge >= 0.3 is 0 Å². The largest absolute Gasteiger partial charge is 0.310 e. The van der Waals surface area contributed by atoms with Crippen molar-refractivity contribution in [3.05, 3.63) is 59.5 Å². The summed E-state index contributed by atoms with van der Waals surface area (Å²) in [5.41, 5.74) is 1.61. The van der Waals surface area contributed by atoms with Crippen molar-refractivity contribution in [2.75, 3.05) is 4.72 Å². The summed E-state index contributed by atoms with van der Waals surface area (Å²) in [5, 5.41) is 5.58. The van der Waals surface area contributed by atoms with Gasteiger partial charge in [0.2, 0.25) is 0 Å². The van der Waals surface area contributed by atoms with Crippen molar-refractivity contribution in [3.8, 4) is 9.75 Å². The lowest BCUT2D eigenvalue weighted by molar-refractivity contribution is 0.404. The summed E-state index contributed by atoms with van der Waals surface area (Å²) in [5.74, 6) is 0.831. The van der Waals surface area contributed by atoms with Crippen molar-refractivity contribution in [2.24, 2.45) is 5.92 Å². The highest BCUT2D eigenvalue weighted by atomic mass is 32.2. The first-order chi connectivity index (χ1) is 14.5. The van der Waals surface area contributed by atoms with E-state index >= 15 is 0 Å². The molecule has 160 valence electrons. The second kappa shape index (κ2) is 9.64. The Bertz CT molecular complexity index is 1050. The third kappa shape index (κ3) is 5.32. The zero-order valence-corrected chi connectivity index (χ0v) is 19.6. The van der Waals surface area contributed by atoms with Crippen molar-refractivity contribution < 1.29 is 8.42 Å². The second-order valence-electron chi connectivity index (χ2n) is 8.03. The number of hydrogen-bond donors (Lipinski definition) is 2. The van der Waals surface area contributed by atoms with Gasteiger partial charge in [-0.15, -0.1) is 22.7 Å². The Balaban J connectivity index is 1.43. The van der Waals surface area contributed by atoms with Crippen LogP contribution in [0.5, 0.6) is 0 Å². The lowest BCUT2D eigenvalue weighted by Crippen LogP contribution is -2.28. The third-order valence-electron chi connectivity index (χ3n) is 5.67. The molecule has 2 aromatic heterocycles. The molecule has 4 rings (SSSR count). The van der Waals surface area contributed by atoms with E-state index in [4.69, 9.17) is 0 Å². The fraction of sp³-hybridized carbons (Fsp3) is 0.391. The molecule has 0 saturated heterocycles. The minimum atomic E-state index is -3.62. The highest BCUT2D eigenvalue weighted by Gasteiger charge is 2.20. The van der Waals surface area contributed by atoms with Crippen LogP contribution in [0.2, 0.25) is 0 Å². The molecule has 2 heterocycles. The van der Waals surface area contributed by atoms with Crippen LogP contribution in [0, 0.1) is 5.92 Å². The highest BCUT2D eigenvalue weighted by Crippen LogP contribution is 2.34. The van der Waals surface area contributed by atoms with Crippen LogP contribution in [-0.2, 0) is 16.6 Å². The average Bonchev–Trinajstić information content (AvgIpc) is 3.48. The number of nitrogens with one attached hydrogen (secondary N) is 2. The number of benzene rings is 1. The van der Waals surface area contributed by atoms with Gasteiger partial charge < -0.3 is 5.32 Å². The molecule has 0 unspecified atom stereocenters. The molecule has 0 spiro atoms. The molecule has 7 heteroatoms. The fourth-order valence-corrected chi connectivity index (χ4v) is 7.34. The maximum absolute atomic E-state index is 13.0. The molecule has 0 radical (unpaired) electrons. The van der Waals surface area contributed by atoms with Crippen LogP contribution in [0.3, 0.4) is 0 Å². The van der Waals surface area contributed by atoms with Crippen molar-refractivity contribution in [2.45, 2.75) is 55.8 Å². The summed E-state index contributed by atoms with van der Waals surface area (Å²) < 4.78 is 29.1. The van der Waals surface area contributed by atoms with E-state index in [1.807, 2.05) is 47.8 Å². The summed E-state index contributed by atoms with van der Waals surface area (Å²) in [6.07, 6.45) is 6.60. The lowest BCUT2D eigenvalue weighted by atomic mass is 9.99. The van der Waals surface area contributed by atoms with E-state index in [0.29, 0.717) is 22.5 Å². The summed E-state index contributed by atoms with van der Waals surface area (Å²) in [7, 11) is -3.62. The van der Waals surface area contributed by atoms with Crippen LogP contribution in [-0.4, -0.2) is 14.5 Å². The minimum Gasteiger partial charge on any atom is -0.310 e. The van der Waals surface area contributed by atoms with E-state index in [2.05, 4.69) is 17.0 Å². The normalized spacial score (nSPS) is 16.0. The first-order valence-electron chi connectivity index (χ1n) is 10.5. The molecule has 4 nitrogen and oxygen atoms in total. The van der Waals surface area contributed by atoms with E-state index in [1.165, 1.54) is 43.4 Å².